The van der Waals surface area contributed by atoms with Crippen LogP contribution in [0.5, 0.6) is 0 Å². The van der Waals surface area contributed by atoms with Crippen LogP contribution >= 0.6 is 11.6 Å². The van der Waals surface area contributed by atoms with Crippen LogP contribution in [0.3, 0.4) is 0 Å². The maximum atomic E-state index is 12.9. The molecule has 9 heteroatoms. The molecule has 110 valence electrons. The fourth-order valence-corrected chi connectivity index (χ4v) is 1.69. The van der Waals surface area contributed by atoms with Crippen molar-refractivity contribution in [3.8, 4) is 0 Å². The number of H-pyrrole nitrogens is 1. The van der Waals surface area contributed by atoms with E-state index in [4.69, 9.17) is 11.6 Å². The van der Waals surface area contributed by atoms with Gasteiger partial charge >= 0.3 is 6.18 Å². The van der Waals surface area contributed by atoms with Gasteiger partial charge in [-0.15, -0.1) is 0 Å². The minimum Gasteiger partial charge on any atom is -0.320 e. The number of nitrogens with zero attached hydrogens (tertiary/aromatic N) is 1. The molecule has 21 heavy (non-hydrogen) atoms. The van der Waals surface area contributed by atoms with Crippen LogP contribution in [0.25, 0.3) is 0 Å². The fraction of sp³-hybridized carbons (Fsp3) is 0.0833. The van der Waals surface area contributed by atoms with Crippen molar-refractivity contribution in [2.24, 2.45) is 0 Å². The molecule has 0 fully saturated rings. The monoisotopic (exact) mass is 317 g/mol. The minimum atomic E-state index is -4.67. The van der Waals surface area contributed by atoms with Crippen LogP contribution < -0.4 is 10.9 Å². The van der Waals surface area contributed by atoms with Crippen molar-refractivity contribution in [1.82, 2.24) is 10.2 Å². The lowest BCUT2D eigenvalue weighted by Crippen LogP contribution is -2.19. The molecule has 0 radical (unpaired) electrons. The smallest absolute Gasteiger partial charge is 0.320 e. The van der Waals surface area contributed by atoms with Crippen LogP contribution in [0.2, 0.25) is 5.02 Å². The summed E-state index contributed by atoms with van der Waals surface area (Å²) in [6.45, 7) is 0. The molecule has 2 N–H and O–H groups in total. The van der Waals surface area contributed by atoms with Crippen molar-refractivity contribution < 1.29 is 18.0 Å². The molecule has 2 aromatic rings. The van der Waals surface area contributed by atoms with Crippen LogP contribution in [0.15, 0.2) is 35.1 Å². The molecule has 0 aliphatic rings. The third-order valence-corrected chi connectivity index (χ3v) is 2.68. The predicted molar refractivity (Wildman–Crippen MR) is 69.3 cm³/mol. The number of nitrogens with one attached hydrogen (secondary N) is 2. The molecule has 5 nitrogen and oxygen atoms in total. The van der Waals surface area contributed by atoms with E-state index in [1.807, 2.05) is 5.10 Å². The molecule has 1 amide bonds. The molecular weight excluding hydrogens is 311 g/mol. The van der Waals surface area contributed by atoms with Crippen LogP contribution in [0.1, 0.15) is 16.1 Å². The predicted octanol–water partition coefficient (Wildman–Crippen LogP) is 2.69. The number of amides is 1. The molecule has 1 aromatic heterocycles. The number of hydrogen-bond donors (Lipinski definition) is 2. The van der Waals surface area contributed by atoms with Crippen molar-refractivity contribution in [3.63, 3.8) is 0 Å². The molecule has 0 saturated carbocycles. The maximum absolute atomic E-state index is 12.9. The number of hydrogen-bond acceptors (Lipinski definition) is 3. The summed E-state index contributed by atoms with van der Waals surface area (Å²) in [5.41, 5.74) is -2.29. The molecule has 0 aliphatic carbocycles. The average molecular weight is 318 g/mol. The molecule has 0 saturated heterocycles. The number of carbonyl (C=O) groups excluding carboxylic acids is 1. The SMILES string of the molecule is O=C(Nc1ccc(Cl)cc1C(F)(F)F)c1ccc(=O)[nH]n1. The van der Waals surface area contributed by atoms with E-state index in [-0.39, 0.29) is 10.7 Å². The molecular formula is C12H7ClF3N3O2. The van der Waals surface area contributed by atoms with E-state index in [1.54, 1.807) is 0 Å². The van der Waals surface area contributed by atoms with Gasteiger partial charge in [-0.2, -0.15) is 18.3 Å². The Morgan fingerprint density at radius 3 is 2.52 bits per heavy atom. The second-order valence-electron chi connectivity index (χ2n) is 3.95. The number of aromatic amines is 1. The zero-order valence-electron chi connectivity index (χ0n) is 10.2. The first-order valence-electron chi connectivity index (χ1n) is 5.51. The van der Waals surface area contributed by atoms with Crippen molar-refractivity contribution >= 4 is 23.2 Å². The number of alkyl halides is 3. The van der Waals surface area contributed by atoms with Crippen molar-refractivity contribution in [1.29, 1.82) is 0 Å². The molecule has 0 aliphatic heterocycles. The summed E-state index contributed by atoms with van der Waals surface area (Å²) in [6, 6.07) is 5.09. The number of benzene rings is 1. The normalized spacial score (nSPS) is 11.2. The summed E-state index contributed by atoms with van der Waals surface area (Å²) in [5.74, 6) is -0.890. The van der Waals surface area contributed by atoms with E-state index in [0.29, 0.717) is 6.07 Å². The van der Waals surface area contributed by atoms with Crippen LogP contribution in [-0.2, 0) is 6.18 Å². The Morgan fingerprint density at radius 1 is 1.24 bits per heavy atom. The molecule has 0 atom stereocenters. The van der Waals surface area contributed by atoms with Gasteiger partial charge in [-0.05, 0) is 24.3 Å². The largest absolute Gasteiger partial charge is 0.418 e. The number of rotatable bonds is 2. The first kappa shape index (κ1) is 15.0. The maximum Gasteiger partial charge on any atom is 0.418 e. The standard InChI is InChI=1S/C12H7ClF3N3O2/c13-6-1-2-8(7(5-6)12(14,15)16)17-11(21)9-3-4-10(20)19-18-9/h1-5H,(H,17,21)(H,19,20). The van der Waals surface area contributed by atoms with E-state index in [0.717, 1.165) is 18.2 Å². The van der Waals surface area contributed by atoms with Gasteiger partial charge in [0.1, 0.15) is 5.69 Å². The quantitative estimate of drug-likeness (QED) is 0.894. The first-order chi connectivity index (χ1) is 9.77. The average Bonchev–Trinajstić information content (AvgIpc) is 2.40. The number of anilines is 1. The fourth-order valence-electron chi connectivity index (χ4n) is 1.52. The van der Waals surface area contributed by atoms with E-state index in [9.17, 15) is 22.8 Å². The minimum absolute atomic E-state index is 0.109. The second-order valence-corrected chi connectivity index (χ2v) is 4.38. The first-order valence-corrected chi connectivity index (χ1v) is 5.89. The Kier molecular flexibility index (Phi) is 3.99. The molecule has 0 spiro atoms. The van der Waals surface area contributed by atoms with Crippen molar-refractivity contribution in [2.75, 3.05) is 5.32 Å². The molecule has 1 heterocycles. The lowest BCUT2D eigenvalue weighted by Gasteiger charge is -2.13. The van der Waals surface area contributed by atoms with Gasteiger partial charge < -0.3 is 5.32 Å². The lowest BCUT2D eigenvalue weighted by atomic mass is 10.1. The topological polar surface area (TPSA) is 74.8 Å². The summed E-state index contributed by atoms with van der Waals surface area (Å²) in [4.78, 5) is 22.6. The zero-order chi connectivity index (χ0) is 15.6. The summed E-state index contributed by atoms with van der Waals surface area (Å²) in [5, 5.41) is 7.41. The molecule has 1 aromatic carbocycles. The molecule has 2 rings (SSSR count). The Bertz CT molecular complexity index is 723. The van der Waals surface area contributed by atoms with Crippen LogP contribution in [-0.4, -0.2) is 16.1 Å². The third kappa shape index (κ3) is 3.60. The third-order valence-electron chi connectivity index (χ3n) is 2.45. The van der Waals surface area contributed by atoms with Gasteiger partial charge in [-0.3, -0.25) is 9.59 Å². The Morgan fingerprint density at radius 2 is 1.95 bits per heavy atom. The van der Waals surface area contributed by atoms with Crippen molar-refractivity contribution in [3.05, 3.63) is 57.0 Å². The molecule has 0 unspecified atom stereocenters. The van der Waals surface area contributed by atoms with Gasteiger partial charge in [0.2, 0.25) is 0 Å². The highest BCUT2D eigenvalue weighted by molar-refractivity contribution is 6.30. The zero-order valence-corrected chi connectivity index (χ0v) is 10.9. The number of halogens is 4. The highest BCUT2D eigenvalue weighted by atomic mass is 35.5. The van der Waals surface area contributed by atoms with Gasteiger partial charge in [0.25, 0.3) is 11.5 Å². The summed E-state index contributed by atoms with van der Waals surface area (Å²) < 4.78 is 38.6. The van der Waals surface area contributed by atoms with E-state index < -0.39 is 28.9 Å². The second kappa shape index (κ2) is 5.57. The van der Waals surface area contributed by atoms with E-state index in [1.165, 1.54) is 6.07 Å². The molecule has 0 bridgehead atoms. The highest BCUT2D eigenvalue weighted by Crippen LogP contribution is 2.36. The number of aromatic nitrogens is 2. The van der Waals surface area contributed by atoms with Crippen LogP contribution in [0, 0.1) is 0 Å². The van der Waals surface area contributed by atoms with Gasteiger partial charge in [0, 0.05) is 11.1 Å². The van der Waals surface area contributed by atoms with E-state index in [2.05, 4.69) is 10.4 Å². The van der Waals surface area contributed by atoms with Crippen LogP contribution in [0.4, 0.5) is 18.9 Å². The van der Waals surface area contributed by atoms with Gasteiger partial charge in [0.05, 0.1) is 11.3 Å². The Hall–Kier alpha value is -2.35. The lowest BCUT2D eigenvalue weighted by molar-refractivity contribution is -0.136. The summed E-state index contributed by atoms with van der Waals surface area (Å²) >= 11 is 5.53. The van der Waals surface area contributed by atoms with E-state index >= 15 is 0 Å². The Labute approximate surface area is 120 Å². The van der Waals surface area contributed by atoms with Gasteiger partial charge in [0.15, 0.2) is 0 Å². The highest BCUT2D eigenvalue weighted by Gasteiger charge is 2.34. The van der Waals surface area contributed by atoms with Crippen molar-refractivity contribution in [2.45, 2.75) is 6.18 Å². The summed E-state index contributed by atoms with van der Waals surface area (Å²) in [7, 11) is 0. The summed E-state index contributed by atoms with van der Waals surface area (Å²) in [6.07, 6.45) is -4.67. The number of carbonyl (C=O) groups is 1. The van der Waals surface area contributed by atoms with Gasteiger partial charge in [-0.25, -0.2) is 5.10 Å². The van der Waals surface area contributed by atoms with Gasteiger partial charge in [-0.1, -0.05) is 11.6 Å². The Balaban J connectivity index is 2.33.